The van der Waals surface area contributed by atoms with E-state index in [1.165, 1.54) is 9.75 Å². The standard InChI is InChI=1S/C16H28N2O2S/c1-12(10-14-7-6-13(2)21-14)18-15(20)17-9-5-8-16(3,4)11-19/h6-7,12,19H,5,8-11H2,1-4H3,(H2,17,18,20). The molecule has 2 amide bonds. The summed E-state index contributed by atoms with van der Waals surface area (Å²) in [5.41, 5.74) is -0.0670. The van der Waals surface area contributed by atoms with Gasteiger partial charge < -0.3 is 15.7 Å². The van der Waals surface area contributed by atoms with Gasteiger partial charge in [0.15, 0.2) is 0 Å². The Balaban J connectivity index is 2.18. The van der Waals surface area contributed by atoms with E-state index < -0.39 is 0 Å². The number of aliphatic hydroxyl groups excluding tert-OH is 1. The SMILES string of the molecule is Cc1ccc(CC(C)NC(=O)NCCCC(C)(C)CO)s1. The van der Waals surface area contributed by atoms with Crippen molar-refractivity contribution in [2.24, 2.45) is 5.41 Å². The van der Waals surface area contributed by atoms with Crippen LogP contribution in [0, 0.1) is 12.3 Å². The monoisotopic (exact) mass is 312 g/mol. The van der Waals surface area contributed by atoms with Crippen LogP contribution < -0.4 is 10.6 Å². The second kappa shape index (κ2) is 8.39. The van der Waals surface area contributed by atoms with Crippen LogP contribution >= 0.6 is 11.3 Å². The van der Waals surface area contributed by atoms with Gasteiger partial charge in [-0.2, -0.15) is 0 Å². The number of hydrogen-bond acceptors (Lipinski definition) is 3. The zero-order valence-electron chi connectivity index (χ0n) is 13.5. The topological polar surface area (TPSA) is 61.4 Å². The molecule has 0 radical (unpaired) electrons. The lowest BCUT2D eigenvalue weighted by atomic mass is 9.89. The molecule has 0 aromatic carbocycles. The van der Waals surface area contributed by atoms with Crippen LogP contribution in [0.3, 0.4) is 0 Å². The van der Waals surface area contributed by atoms with Crippen LogP contribution in [0.4, 0.5) is 4.79 Å². The molecule has 1 aromatic rings. The lowest BCUT2D eigenvalue weighted by Gasteiger charge is -2.21. The Kier molecular flexibility index (Phi) is 7.18. The number of rotatable bonds is 8. The van der Waals surface area contributed by atoms with Crippen molar-refractivity contribution in [3.05, 3.63) is 21.9 Å². The maximum atomic E-state index is 11.8. The maximum absolute atomic E-state index is 11.8. The van der Waals surface area contributed by atoms with Gasteiger partial charge in [0.25, 0.3) is 0 Å². The van der Waals surface area contributed by atoms with E-state index in [1.54, 1.807) is 11.3 Å². The first-order valence-corrected chi connectivity index (χ1v) is 8.34. The number of amides is 2. The fourth-order valence-corrected chi connectivity index (χ4v) is 3.09. The molecule has 5 heteroatoms. The highest BCUT2D eigenvalue weighted by atomic mass is 32.1. The molecule has 120 valence electrons. The summed E-state index contributed by atoms with van der Waals surface area (Å²) >= 11 is 1.77. The highest BCUT2D eigenvalue weighted by Crippen LogP contribution is 2.20. The van der Waals surface area contributed by atoms with Gasteiger partial charge in [-0.05, 0) is 44.2 Å². The smallest absolute Gasteiger partial charge is 0.315 e. The Morgan fingerprint density at radius 3 is 2.71 bits per heavy atom. The molecular weight excluding hydrogens is 284 g/mol. The number of carbonyl (C=O) groups excluding carboxylic acids is 1. The number of hydrogen-bond donors (Lipinski definition) is 3. The number of aliphatic hydroxyl groups is 1. The van der Waals surface area contributed by atoms with Crippen molar-refractivity contribution in [2.75, 3.05) is 13.2 Å². The first-order chi connectivity index (χ1) is 9.82. The molecule has 0 fully saturated rings. The lowest BCUT2D eigenvalue weighted by molar-refractivity contribution is 0.148. The minimum atomic E-state index is -0.113. The molecule has 0 aliphatic heterocycles. The molecule has 1 atom stereocenters. The minimum absolute atomic E-state index is 0.0670. The molecule has 0 saturated heterocycles. The van der Waals surface area contributed by atoms with Crippen LogP contribution in [0.2, 0.25) is 0 Å². The Hall–Kier alpha value is -1.07. The van der Waals surface area contributed by atoms with Crippen LogP contribution in [-0.2, 0) is 6.42 Å². The zero-order valence-corrected chi connectivity index (χ0v) is 14.3. The number of thiophene rings is 1. The Bertz CT molecular complexity index is 443. The average molecular weight is 312 g/mol. The second-order valence-corrected chi connectivity index (χ2v) is 7.82. The Morgan fingerprint density at radius 2 is 2.14 bits per heavy atom. The number of nitrogens with one attached hydrogen (secondary N) is 2. The summed E-state index contributed by atoms with van der Waals surface area (Å²) in [6.45, 7) is 8.98. The maximum Gasteiger partial charge on any atom is 0.315 e. The van der Waals surface area contributed by atoms with E-state index in [2.05, 4.69) is 29.7 Å². The van der Waals surface area contributed by atoms with Gasteiger partial charge in [0.05, 0.1) is 0 Å². The number of aryl methyl sites for hydroxylation is 1. The summed E-state index contributed by atoms with van der Waals surface area (Å²) in [6, 6.07) is 4.23. The highest BCUT2D eigenvalue weighted by molar-refractivity contribution is 7.11. The van der Waals surface area contributed by atoms with Gasteiger partial charge in [0.1, 0.15) is 0 Å². The Labute approximate surface area is 132 Å². The largest absolute Gasteiger partial charge is 0.396 e. The highest BCUT2D eigenvalue weighted by Gasteiger charge is 2.15. The van der Waals surface area contributed by atoms with E-state index in [0.29, 0.717) is 6.54 Å². The van der Waals surface area contributed by atoms with E-state index >= 15 is 0 Å². The first-order valence-electron chi connectivity index (χ1n) is 7.53. The zero-order chi connectivity index (χ0) is 15.9. The van der Waals surface area contributed by atoms with Crippen molar-refractivity contribution in [3.63, 3.8) is 0 Å². The molecule has 21 heavy (non-hydrogen) atoms. The molecule has 0 saturated carbocycles. The van der Waals surface area contributed by atoms with Crippen molar-refractivity contribution in [3.8, 4) is 0 Å². The van der Waals surface area contributed by atoms with Crippen molar-refractivity contribution in [2.45, 2.75) is 53.0 Å². The molecule has 0 aliphatic rings. The normalized spacial score (nSPS) is 13.0. The van der Waals surface area contributed by atoms with Crippen molar-refractivity contribution >= 4 is 17.4 Å². The van der Waals surface area contributed by atoms with Gasteiger partial charge in [-0.15, -0.1) is 11.3 Å². The molecule has 1 unspecified atom stereocenters. The third kappa shape index (κ3) is 7.48. The Morgan fingerprint density at radius 1 is 1.43 bits per heavy atom. The van der Waals surface area contributed by atoms with E-state index in [0.717, 1.165) is 19.3 Å². The predicted octanol–water partition coefficient (Wildman–Crippen LogP) is 3.09. The summed E-state index contributed by atoms with van der Waals surface area (Å²) in [5, 5.41) is 15.0. The molecule has 4 nitrogen and oxygen atoms in total. The van der Waals surface area contributed by atoms with Crippen LogP contribution in [0.1, 0.15) is 43.4 Å². The third-order valence-corrected chi connectivity index (χ3v) is 4.45. The van der Waals surface area contributed by atoms with Gasteiger partial charge in [-0.25, -0.2) is 4.79 Å². The molecule has 3 N–H and O–H groups in total. The molecular formula is C16H28N2O2S. The van der Waals surface area contributed by atoms with E-state index in [9.17, 15) is 4.79 Å². The summed E-state index contributed by atoms with van der Waals surface area (Å²) in [5.74, 6) is 0. The number of carbonyl (C=O) groups is 1. The average Bonchev–Trinajstić information content (AvgIpc) is 2.80. The summed E-state index contributed by atoms with van der Waals surface area (Å²) in [6.07, 6.45) is 2.64. The van der Waals surface area contributed by atoms with Crippen molar-refractivity contribution in [1.29, 1.82) is 0 Å². The van der Waals surface area contributed by atoms with Crippen molar-refractivity contribution < 1.29 is 9.90 Å². The van der Waals surface area contributed by atoms with Gasteiger partial charge in [-0.3, -0.25) is 0 Å². The summed E-state index contributed by atoms with van der Waals surface area (Å²) in [4.78, 5) is 14.4. The first kappa shape index (κ1) is 18.0. The van der Waals surface area contributed by atoms with Gasteiger partial charge in [0, 0.05) is 35.4 Å². The minimum Gasteiger partial charge on any atom is -0.396 e. The summed E-state index contributed by atoms with van der Waals surface area (Å²) in [7, 11) is 0. The molecule has 0 bridgehead atoms. The van der Waals surface area contributed by atoms with E-state index in [-0.39, 0.29) is 24.1 Å². The van der Waals surface area contributed by atoms with E-state index in [1.807, 2.05) is 20.8 Å². The third-order valence-electron chi connectivity index (χ3n) is 3.42. The molecule has 1 aromatic heterocycles. The number of urea groups is 1. The fraction of sp³-hybridized carbons (Fsp3) is 0.688. The molecule has 1 heterocycles. The predicted molar refractivity (Wildman–Crippen MR) is 88.9 cm³/mol. The van der Waals surface area contributed by atoms with Crippen LogP contribution in [0.5, 0.6) is 0 Å². The van der Waals surface area contributed by atoms with Crippen molar-refractivity contribution in [1.82, 2.24) is 10.6 Å². The van der Waals surface area contributed by atoms with Crippen LogP contribution in [-0.4, -0.2) is 30.3 Å². The molecule has 0 spiro atoms. The summed E-state index contributed by atoms with van der Waals surface area (Å²) < 4.78 is 0. The molecule has 1 rings (SSSR count). The fourth-order valence-electron chi connectivity index (χ4n) is 2.07. The second-order valence-electron chi connectivity index (χ2n) is 6.44. The van der Waals surface area contributed by atoms with Crippen LogP contribution in [0.25, 0.3) is 0 Å². The van der Waals surface area contributed by atoms with Crippen LogP contribution in [0.15, 0.2) is 12.1 Å². The van der Waals surface area contributed by atoms with Gasteiger partial charge in [-0.1, -0.05) is 13.8 Å². The quantitative estimate of drug-likeness (QED) is 0.646. The van der Waals surface area contributed by atoms with Gasteiger partial charge >= 0.3 is 6.03 Å². The molecule has 0 aliphatic carbocycles. The van der Waals surface area contributed by atoms with Gasteiger partial charge in [0.2, 0.25) is 0 Å². The lowest BCUT2D eigenvalue weighted by Crippen LogP contribution is -2.42. The van der Waals surface area contributed by atoms with E-state index in [4.69, 9.17) is 5.11 Å².